The summed E-state index contributed by atoms with van der Waals surface area (Å²) in [5.41, 5.74) is -0.248. The van der Waals surface area contributed by atoms with Crippen molar-refractivity contribution in [2.24, 2.45) is 5.92 Å². The van der Waals surface area contributed by atoms with Crippen molar-refractivity contribution >= 4 is 6.29 Å². The van der Waals surface area contributed by atoms with Crippen LogP contribution >= 0.6 is 0 Å². The third kappa shape index (κ3) is 0.793. The highest BCUT2D eigenvalue weighted by atomic mass is 16.1. The Morgan fingerprint density at radius 3 is 2.67 bits per heavy atom. The van der Waals surface area contributed by atoms with Crippen LogP contribution in [0.3, 0.4) is 0 Å². The average molecular weight is 125 g/mol. The van der Waals surface area contributed by atoms with E-state index in [1.807, 2.05) is 6.08 Å². The molecule has 1 aliphatic carbocycles. The Balaban J connectivity index is 2.56. The predicted octanol–water partition coefficient (Wildman–Crippen LogP) is 0.349. The number of aldehydes is 1. The van der Waals surface area contributed by atoms with Gasteiger partial charge < -0.3 is 10.1 Å². The Morgan fingerprint density at radius 2 is 2.56 bits per heavy atom. The van der Waals surface area contributed by atoms with Crippen LogP contribution in [0.5, 0.6) is 0 Å². The zero-order chi connectivity index (χ0) is 6.91. The van der Waals surface area contributed by atoms with Crippen molar-refractivity contribution < 1.29 is 4.79 Å². The predicted molar refractivity (Wildman–Crippen MR) is 36.2 cm³/mol. The summed E-state index contributed by atoms with van der Waals surface area (Å²) in [5.74, 6) is 0.361. The second kappa shape index (κ2) is 1.95. The minimum absolute atomic E-state index is 0.248. The molecule has 2 heteroatoms. The molecule has 0 heterocycles. The van der Waals surface area contributed by atoms with Crippen molar-refractivity contribution in [3.05, 3.63) is 12.7 Å². The quantitative estimate of drug-likeness (QED) is 0.435. The molecule has 1 aliphatic rings. The van der Waals surface area contributed by atoms with Crippen molar-refractivity contribution in [1.82, 2.24) is 5.32 Å². The van der Waals surface area contributed by atoms with Crippen LogP contribution < -0.4 is 5.32 Å². The van der Waals surface area contributed by atoms with Crippen LogP contribution in [0.25, 0.3) is 0 Å². The van der Waals surface area contributed by atoms with E-state index in [9.17, 15) is 4.79 Å². The third-order valence-corrected chi connectivity index (χ3v) is 2.02. The van der Waals surface area contributed by atoms with E-state index in [2.05, 4.69) is 11.9 Å². The maximum atomic E-state index is 10.4. The van der Waals surface area contributed by atoms with Gasteiger partial charge in [-0.1, -0.05) is 6.08 Å². The fourth-order valence-corrected chi connectivity index (χ4v) is 1.08. The molecule has 0 amide bonds. The van der Waals surface area contributed by atoms with E-state index in [1.54, 1.807) is 7.05 Å². The highest BCUT2D eigenvalue weighted by Crippen LogP contribution is 2.41. The number of carbonyl (C=O) groups excluding carboxylic acids is 1. The molecule has 0 aliphatic heterocycles. The first-order chi connectivity index (χ1) is 4.29. The molecule has 0 bridgehead atoms. The summed E-state index contributed by atoms with van der Waals surface area (Å²) in [4.78, 5) is 10.4. The lowest BCUT2D eigenvalue weighted by Crippen LogP contribution is -2.30. The highest BCUT2D eigenvalue weighted by molar-refractivity contribution is 5.71. The summed E-state index contributed by atoms with van der Waals surface area (Å²) in [6.07, 6.45) is 3.71. The second-order valence-corrected chi connectivity index (χ2v) is 2.45. The minimum atomic E-state index is -0.248. The van der Waals surface area contributed by atoms with Crippen molar-refractivity contribution in [3.8, 4) is 0 Å². The molecular formula is C7H11NO. The number of carbonyl (C=O) groups is 1. The van der Waals surface area contributed by atoms with Gasteiger partial charge in [0.25, 0.3) is 0 Å². The zero-order valence-electron chi connectivity index (χ0n) is 5.55. The molecule has 1 fully saturated rings. The van der Waals surface area contributed by atoms with Gasteiger partial charge in [-0.2, -0.15) is 0 Å². The van der Waals surface area contributed by atoms with Crippen molar-refractivity contribution in [1.29, 1.82) is 0 Å². The molecule has 0 saturated heterocycles. The van der Waals surface area contributed by atoms with Crippen LogP contribution in [0, 0.1) is 5.92 Å². The summed E-state index contributed by atoms with van der Waals surface area (Å²) in [6, 6.07) is 0. The summed E-state index contributed by atoms with van der Waals surface area (Å²) in [7, 11) is 1.80. The standard InChI is InChI=1S/C7H11NO/c1-3-6-4-7(6,5-9)8-2/h3,5-6,8H,1,4H2,2H3. The van der Waals surface area contributed by atoms with Crippen LogP contribution in [0.4, 0.5) is 0 Å². The number of hydrogen-bond acceptors (Lipinski definition) is 2. The minimum Gasteiger partial charge on any atom is -0.308 e. The molecule has 1 rings (SSSR count). The molecule has 0 radical (unpaired) electrons. The van der Waals surface area contributed by atoms with E-state index in [-0.39, 0.29) is 5.54 Å². The smallest absolute Gasteiger partial charge is 0.140 e. The fourth-order valence-electron chi connectivity index (χ4n) is 1.08. The van der Waals surface area contributed by atoms with Gasteiger partial charge in [0.05, 0.1) is 5.54 Å². The van der Waals surface area contributed by atoms with Gasteiger partial charge in [0.15, 0.2) is 0 Å². The van der Waals surface area contributed by atoms with Gasteiger partial charge in [-0.3, -0.25) is 0 Å². The summed E-state index contributed by atoms with van der Waals surface area (Å²) < 4.78 is 0. The maximum Gasteiger partial charge on any atom is 0.140 e. The van der Waals surface area contributed by atoms with Crippen LogP contribution in [0.15, 0.2) is 12.7 Å². The first-order valence-corrected chi connectivity index (χ1v) is 3.07. The van der Waals surface area contributed by atoms with Crippen LogP contribution in [-0.4, -0.2) is 18.9 Å². The van der Waals surface area contributed by atoms with E-state index >= 15 is 0 Å². The molecule has 0 aromatic heterocycles. The Morgan fingerprint density at radius 1 is 1.89 bits per heavy atom. The summed E-state index contributed by atoms with van der Waals surface area (Å²) in [5, 5.41) is 2.96. The topological polar surface area (TPSA) is 29.1 Å². The maximum absolute atomic E-state index is 10.4. The Hall–Kier alpha value is -0.630. The monoisotopic (exact) mass is 125 g/mol. The van der Waals surface area contributed by atoms with Gasteiger partial charge in [0.1, 0.15) is 6.29 Å². The van der Waals surface area contributed by atoms with Gasteiger partial charge in [0, 0.05) is 5.92 Å². The highest BCUT2D eigenvalue weighted by Gasteiger charge is 2.51. The molecule has 1 N–H and O–H groups in total. The summed E-state index contributed by atoms with van der Waals surface area (Å²) >= 11 is 0. The van der Waals surface area contributed by atoms with E-state index in [4.69, 9.17) is 0 Å². The van der Waals surface area contributed by atoms with Gasteiger partial charge in [-0.15, -0.1) is 6.58 Å². The van der Waals surface area contributed by atoms with Crippen LogP contribution in [0.1, 0.15) is 6.42 Å². The largest absolute Gasteiger partial charge is 0.308 e. The van der Waals surface area contributed by atoms with Crippen molar-refractivity contribution in [2.45, 2.75) is 12.0 Å². The lowest BCUT2D eigenvalue weighted by atomic mass is 10.2. The Labute approximate surface area is 54.9 Å². The SMILES string of the molecule is C=CC1CC1(C=O)NC. The lowest BCUT2D eigenvalue weighted by Gasteiger charge is -2.03. The lowest BCUT2D eigenvalue weighted by molar-refractivity contribution is -0.110. The first kappa shape index (κ1) is 6.49. The summed E-state index contributed by atoms with van der Waals surface area (Å²) in [6.45, 7) is 3.61. The van der Waals surface area contributed by atoms with Gasteiger partial charge >= 0.3 is 0 Å². The van der Waals surface area contributed by atoms with E-state index in [1.165, 1.54) is 0 Å². The number of likely N-dealkylation sites (N-methyl/N-ethyl adjacent to an activating group) is 1. The van der Waals surface area contributed by atoms with Crippen molar-refractivity contribution in [2.75, 3.05) is 7.05 Å². The van der Waals surface area contributed by atoms with E-state index in [0.29, 0.717) is 5.92 Å². The molecule has 2 unspecified atom stereocenters. The normalized spacial score (nSPS) is 39.9. The molecule has 2 atom stereocenters. The molecule has 0 spiro atoms. The Bertz CT molecular complexity index is 144. The molecule has 9 heavy (non-hydrogen) atoms. The van der Waals surface area contributed by atoms with E-state index in [0.717, 1.165) is 12.7 Å². The molecular weight excluding hydrogens is 114 g/mol. The number of rotatable bonds is 3. The molecule has 0 aromatic rings. The first-order valence-electron chi connectivity index (χ1n) is 3.07. The van der Waals surface area contributed by atoms with Crippen LogP contribution in [0.2, 0.25) is 0 Å². The Kier molecular flexibility index (Phi) is 1.41. The van der Waals surface area contributed by atoms with Gasteiger partial charge in [0.2, 0.25) is 0 Å². The van der Waals surface area contributed by atoms with Crippen LogP contribution in [-0.2, 0) is 4.79 Å². The van der Waals surface area contributed by atoms with Gasteiger partial charge in [-0.25, -0.2) is 0 Å². The number of nitrogens with one attached hydrogen (secondary N) is 1. The van der Waals surface area contributed by atoms with Crippen molar-refractivity contribution in [3.63, 3.8) is 0 Å². The third-order valence-electron chi connectivity index (χ3n) is 2.02. The second-order valence-electron chi connectivity index (χ2n) is 2.45. The molecule has 0 aromatic carbocycles. The average Bonchev–Trinajstić information content (AvgIpc) is 2.63. The van der Waals surface area contributed by atoms with E-state index < -0.39 is 0 Å². The molecule has 50 valence electrons. The molecule has 1 saturated carbocycles. The zero-order valence-corrected chi connectivity index (χ0v) is 5.55. The molecule has 2 nitrogen and oxygen atoms in total. The number of hydrogen-bond donors (Lipinski definition) is 1. The fraction of sp³-hybridized carbons (Fsp3) is 0.571. The van der Waals surface area contributed by atoms with Gasteiger partial charge in [-0.05, 0) is 13.5 Å².